The maximum Gasteiger partial charge on any atom is 0.168 e. The summed E-state index contributed by atoms with van der Waals surface area (Å²) in [5, 5.41) is 1.08. The summed E-state index contributed by atoms with van der Waals surface area (Å²) in [6, 6.07) is 5.13. The average Bonchev–Trinajstić information content (AvgIpc) is 2.22. The molecule has 1 aromatic carbocycles. The van der Waals surface area contributed by atoms with Crippen molar-refractivity contribution in [3.05, 3.63) is 33.8 Å². The molecule has 0 bridgehead atoms. The van der Waals surface area contributed by atoms with Crippen molar-refractivity contribution in [1.29, 1.82) is 0 Å². The molecule has 0 spiro atoms. The molecule has 0 atom stereocenters. The SMILES string of the molecule is CCOC(C)(C)C(=O)Cc1ccc(Cl)cc1Cl. The average molecular weight is 275 g/mol. The van der Waals surface area contributed by atoms with Gasteiger partial charge in [-0.1, -0.05) is 29.3 Å². The first-order chi connectivity index (χ1) is 7.86. The van der Waals surface area contributed by atoms with Gasteiger partial charge < -0.3 is 4.74 Å². The third kappa shape index (κ3) is 3.98. The molecule has 17 heavy (non-hydrogen) atoms. The Hall–Kier alpha value is -0.570. The normalized spacial score (nSPS) is 11.6. The van der Waals surface area contributed by atoms with Crippen molar-refractivity contribution < 1.29 is 9.53 Å². The number of benzene rings is 1. The summed E-state index contributed by atoms with van der Waals surface area (Å²) in [6.45, 7) is 5.91. The Balaban J connectivity index is 2.81. The lowest BCUT2D eigenvalue weighted by Gasteiger charge is -2.23. The third-order valence-electron chi connectivity index (χ3n) is 2.54. The van der Waals surface area contributed by atoms with Crippen molar-refractivity contribution >= 4 is 29.0 Å². The van der Waals surface area contributed by atoms with Crippen LogP contribution >= 0.6 is 23.2 Å². The Morgan fingerprint density at radius 1 is 1.35 bits per heavy atom. The van der Waals surface area contributed by atoms with Crippen molar-refractivity contribution in [2.75, 3.05) is 6.61 Å². The lowest BCUT2D eigenvalue weighted by Crippen LogP contribution is -2.36. The zero-order valence-corrected chi connectivity index (χ0v) is 11.7. The van der Waals surface area contributed by atoms with Crippen LogP contribution in [-0.4, -0.2) is 18.0 Å². The van der Waals surface area contributed by atoms with Crippen LogP contribution < -0.4 is 0 Å². The molecule has 0 aliphatic rings. The molecule has 0 radical (unpaired) electrons. The van der Waals surface area contributed by atoms with Gasteiger partial charge in [-0.15, -0.1) is 0 Å². The minimum Gasteiger partial charge on any atom is -0.368 e. The van der Waals surface area contributed by atoms with Crippen LogP contribution in [0.5, 0.6) is 0 Å². The van der Waals surface area contributed by atoms with Crippen LogP contribution in [0.4, 0.5) is 0 Å². The highest BCUT2D eigenvalue weighted by Gasteiger charge is 2.28. The van der Waals surface area contributed by atoms with Gasteiger partial charge in [-0.25, -0.2) is 0 Å². The fourth-order valence-corrected chi connectivity index (χ4v) is 1.97. The highest BCUT2D eigenvalue weighted by molar-refractivity contribution is 6.35. The molecule has 0 amide bonds. The first-order valence-electron chi connectivity index (χ1n) is 5.48. The number of ketones is 1. The van der Waals surface area contributed by atoms with Crippen molar-refractivity contribution in [3.8, 4) is 0 Å². The Morgan fingerprint density at radius 3 is 2.53 bits per heavy atom. The molecule has 0 saturated carbocycles. The largest absolute Gasteiger partial charge is 0.368 e. The van der Waals surface area contributed by atoms with Gasteiger partial charge in [-0.05, 0) is 38.5 Å². The number of carbonyl (C=O) groups is 1. The number of hydrogen-bond acceptors (Lipinski definition) is 2. The van der Waals surface area contributed by atoms with E-state index in [1.165, 1.54) is 0 Å². The predicted molar refractivity (Wildman–Crippen MR) is 70.9 cm³/mol. The molecule has 0 aliphatic carbocycles. The molecule has 1 aromatic rings. The lowest BCUT2D eigenvalue weighted by molar-refractivity contribution is -0.139. The Labute approximate surface area is 112 Å². The minimum atomic E-state index is -0.780. The summed E-state index contributed by atoms with van der Waals surface area (Å²) in [4.78, 5) is 12.0. The highest BCUT2D eigenvalue weighted by atomic mass is 35.5. The topological polar surface area (TPSA) is 26.3 Å². The number of carbonyl (C=O) groups excluding carboxylic acids is 1. The number of hydrogen-bond donors (Lipinski definition) is 0. The van der Waals surface area contributed by atoms with Gasteiger partial charge in [0, 0.05) is 23.1 Å². The van der Waals surface area contributed by atoms with E-state index in [4.69, 9.17) is 27.9 Å². The summed E-state index contributed by atoms with van der Waals surface area (Å²) < 4.78 is 5.41. The molecule has 0 aliphatic heterocycles. The van der Waals surface area contributed by atoms with Crippen LogP contribution in [0.1, 0.15) is 26.3 Å². The monoisotopic (exact) mass is 274 g/mol. The summed E-state index contributed by atoms with van der Waals surface area (Å²) in [6.07, 6.45) is 0.253. The molecule has 0 heterocycles. The molecule has 1 rings (SSSR count). The fraction of sp³-hybridized carbons (Fsp3) is 0.462. The number of ether oxygens (including phenoxy) is 1. The van der Waals surface area contributed by atoms with Crippen LogP contribution in [0.3, 0.4) is 0 Å². The first-order valence-corrected chi connectivity index (χ1v) is 6.23. The van der Waals surface area contributed by atoms with E-state index in [1.54, 1.807) is 32.0 Å². The Bertz CT molecular complexity index is 414. The van der Waals surface area contributed by atoms with E-state index in [9.17, 15) is 4.79 Å². The van der Waals surface area contributed by atoms with Crippen molar-refractivity contribution in [2.45, 2.75) is 32.8 Å². The van der Waals surface area contributed by atoms with E-state index < -0.39 is 5.60 Å². The van der Waals surface area contributed by atoms with Gasteiger partial charge in [0.15, 0.2) is 5.78 Å². The molecule has 0 fully saturated rings. The second kappa shape index (κ2) is 5.85. The van der Waals surface area contributed by atoms with Gasteiger partial charge in [-0.2, -0.15) is 0 Å². The first kappa shape index (κ1) is 14.5. The molecule has 0 aromatic heterocycles. The molecular weight excluding hydrogens is 259 g/mol. The van der Waals surface area contributed by atoms with Crippen LogP contribution in [-0.2, 0) is 16.0 Å². The molecule has 0 saturated heterocycles. The zero-order valence-electron chi connectivity index (χ0n) is 10.2. The second-order valence-corrected chi connectivity index (χ2v) is 5.12. The highest BCUT2D eigenvalue weighted by Crippen LogP contribution is 2.23. The summed E-state index contributed by atoms with van der Waals surface area (Å²) in [5.74, 6) is 0.00331. The summed E-state index contributed by atoms with van der Waals surface area (Å²) in [5.41, 5.74) is -0.00797. The Kier molecular flexibility index (Phi) is 4.99. The fourth-order valence-electron chi connectivity index (χ4n) is 1.49. The van der Waals surface area contributed by atoms with Crippen LogP contribution in [0.2, 0.25) is 10.0 Å². The molecule has 94 valence electrons. The van der Waals surface area contributed by atoms with E-state index in [0.717, 1.165) is 5.56 Å². The maximum atomic E-state index is 12.0. The second-order valence-electron chi connectivity index (χ2n) is 4.28. The number of Topliss-reactive ketones (excluding diaryl/α,β-unsaturated/α-hetero) is 1. The molecular formula is C13H16Cl2O2. The van der Waals surface area contributed by atoms with E-state index in [1.807, 2.05) is 6.92 Å². The van der Waals surface area contributed by atoms with Gasteiger partial charge in [0.1, 0.15) is 5.60 Å². The third-order valence-corrected chi connectivity index (χ3v) is 3.13. The van der Waals surface area contributed by atoms with Gasteiger partial charge >= 0.3 is 0 Å². The lowest BCUT2D eigenvalue weighted by atomic mass is 9.97. The minimum absolute atomic E-state index is 0.00331. The van der Waals surface area contributed by atoms with E-state index in [0.29, 0.717) is 16.7 Å². The van der Waals surface area contributed by atoms with Crippen LogP contribution in [0.15, 0.2) is 18.2 Å². The van der Waals surface area contributed by atoms with Crippen LogP contribution in [0, 0.1) is 0 Å². The Morgan fingerprint density at radius 2 is 2.00 bits per heavy atom. The maximum absolute atomic E-state index is 12.0. The standard InChI is InChI=1S/C13H16Cl2O2/c1-4-17-13(2,3)12(16)7-9-5-6-10(14)8-11(9)15/h5-6,8H,4,7H2,1-3H3. The zero-order chi connectivity index (χ0) is 13.1. The van der Waals surface area contributed by atoms with Crippen molar-refractivity contribution in [1.82, 2.24) is 0 Å². The van der Waals surface area contributed by atoms with Gasteiger partial charge in [-0.3, -0.25) is 4.79 Å². The van der Waals surface area contributed by atoms with Crippen molar-refractivity contribution in [3.63, 3.8) is 0 Å². The van der Waals surface area contributed by atoms with Crippen molar-refractivity contribution in [2.24, 2.45) is 0 Å². The molecule has 2 nitrogen and oxygen atoms in total. The smallest absolute Gasteiger partial charge is 0.168 e. The quantitative estimate of drug-likeness (QED) is 0.814. The van der Waals surface area contributed by atoms with Gasteiger partial charge in [0.25, 0.3) is 0 Å². The number of halogens is 2. The summed E-state index contributed by atoms with van der Waals surface area (Å²) >= 11 is 11.8. The van der Waals surface area contributed by atoms with E-state index in [2.05, 4.69) is 0 Å². The van der Waals surface area contributed by atoms with Crippen LogP contribution in [0.25, 0.3) is 0 Å². The number of rotatable bonds is 5. The predicted octanol–water partition coefficient (Wildman–Crippen LogP) is 3.92. The van der Waals surface area contributed by atoms with Gasteiger partial charge in [0.05, 0.1) is 0 Å². The van der Waals surface area contributed by atoms with E-state index in [-0.39, 0.29) is 12.2 Å². The summed E-state index contributed by atoms with van der Waals surface area (Å²) in [7, 11) is 0. The molecule has 0 unspecified atom stereocenters. The van der Waals surface area contributed by atoms with E-state index >= 15 is 0 Å². The molecule has 0 N–H and O–H groups in total. The van der Waals surface area contributed by atoms with Gasteiger partial charge in [0.2, 0.25) is 0 Å². The molecule has 4 heteroatoms.